The lowest BCUT2D eigenvalue weighted by Gasteiger charge is -2.18. The summed E-state index contributed by atoms with van der Waals surface area (Å²) in [7, 11) is 0. The SMILES string of the molecule is CSc1oc2ccc(C(C)(C)C)cc2c1-c1ccsc1. The lowest BCUT2D eigenvalue weighted by molar-refractivity contribution is 0.517. The van der Waals surface area contributed by atoms with E-state index >= 15 is 0 Å². The quantitative estimate of drug-likeness (QED) is 0.524. The molecule has 0 aliphatic rings. The third-order valence-electron chi connectivity index (χ3n) is 3.52. The molecule has 3 heteroatoms. The van der Waals surface area contributed by atoms with Crippen LogP contribution in [0.15, 0.2) is 44.5 Å². The molecular weight excluding hydrogens is 284 g/mol. The van der Waals surface area contributed by atoms with Crippen LogP contribution >= 0.6 is 23.1 Å². The fourth-order valence-electron chi connectivity index (χ4n) is 2.37. The van der Waals surface area contributed by atoms with Crippen molar-refractivity contribution in [1.82, 2.24) is 0 Å². The molecule has 0 fully saturated rings. The van der Waals surface area contributed by atoms with Crippen LogP contribution in [0.25, 0.3) is 22.1 Å². The third-order valence-corrected chi connectivity index (χ3v) is 4.86. The number of rotatable bonds is 2. The predicted octanol–water partition coefficient (Wildman–Crippen LogP) is 6.18. The van der Waals surface area contributed by atoms with E-state index in [1.165, 1.54) is 22.1 Å². The third kappa shape index (κ3) is 2.29. The minimum atomic E-state index is 0.150. The molecule has 2 aromatic heterocycles. The average Bonchev–Trinajstić information content (AvgIpc) is 3.02. The summed E-state index contributed by atoms with van der Waals surface area (Å²) in [6.07, 6.45) is 2.07. The van der Waals surface area contributed by atoms with E-state index in [2.05, 4.69) is 62.1 Å². The van der Waals surface area contributed by atoms with Crippen molar-refractivity contribution in [2.75, 3.05) is 6.26 Å². The van der Waals surface area contributed by atoms with Gasteiger partial charge in [0.2, 0.25) is 0 Å². The van der Waals surface area contributed by atoms with E-state index in [0.29, 0.717) is 0 Å². The van der Waals surface area contributed by atoms with Crippen LogP contribution in [0.4, 0.5) is 0 Å². The Morgan fingerprint density at radius 1 is 1.15 bits per heavy atom. The molecule has 1 nitrogen and oxygen atoms in total. The summed E-state index contributed by atoms with van der Waals surface area (Å²) in [5.74, 6) is 0. The van der Waals surface area contributed by atoms with Gasteiger partial charge in [0.05, 0.1) is 0 Å². The molecule has 0 N–H and O–H groups in total. The Morgan fingerprint density at radius 3 is 2.55 bits per heavy atom. The molecule has 0 saturated heterocycles. The first kappa shape index (κ1) is 13.8. The molecule has 0 radical (unpaired) electrons. The molecule has 0 saturated carbocycles. The van der Waals surface area contributed by atoms with Gasteiger partial charge >= 0.3 is 0 Å². The van der Waals surface area contributed by atoms with Crippen LogP contribution in [-0.2, 0) is 5.41 Å². The molecular formula is C17H18OS2. The van der Waals surface area contributed by atoms with Crippen molar-refractivity contribution in [2.24, 2.45) is 0 Å². The van der Waals surface area contributed by atoms with E-state index in [1.807, 2.05) is 0 Å². The summed E-state index contributed by atoms with van der Waals surface area (Å²) in [4.78, 5) is 0. The molecule has 0 aliphatic carbocycles. The van der Waals surface area contributed by atoms with Gasteiger partial charge in [0, 0.05) is 10.9 Å². The number of thiophene rings is 1. The summed E-state index contributed by atoms with van der Waals surface area (Å²) in [5.41, 5.74) is 4.96. The molecule has 2 heterocycles. The van der Waals surface area contributed by atoms with Crippen molar-refractivity contribution in [2.45, 2.75) is 31.3 Å². The number of hydrogen-bond acceptors (Lipinski definition) is 3. The van der Waals surface area contributed by atoms with Gasteiger partial charge in [-0.3, -0.25) is 0 Å². The Hall–Kier alpha value is -1.19. The maximum atomic E-state index is 6.01. The maximum Gasteiger partial charge on any atom is 0.169 e. The second-order valence-corrected chi connectivity index (χ2v) is 7.50. The zero-order valence-electron chi connectivity index (χ0n) is 12.2. The second-order valence-electron chi connectivity index (χ2n) is 5.94. The highest BCUT2D eigenvalue weighted by Crippen LogP contribution is 2.41. The Labute approximate surface area is 128 Å². The van der Waals surface area contributed by atoms with E-state index in [9.17, 15) is 0 Å². The van der Waals surface area contributed by atoms with Crippen molar-refractivity contribution >= 4 is 34.1 Å². The van der Waals surface area contributed by atoms with Gasteiger partial charge < -0.3 is 4.42 Å². The van der Waals surface area contributed by atoms with Crippen molar-refractivity contribution in [3.63, 3.8) is 0 Å². The summed E-state index contributed by atoms with van der Waals surface area (Å²) in [6, 6.07) is 8.73. The lowest BCUT2D eigenvalue weighted by atomic mass is 9.86. The molecule has 104 valence electrons. The smallest absolute Gasteiger partial charge is 0.169 e. The number of fused-ring (bicyclic) bond motifs is 1. The van der Waals surface area contributed by atoms with Crippen LogP contribution in [0.1, 0.15) is 26.3 Å². The van der Waals surface area contributed by atoms with Crippen molar-refractivity contribution in [3.05, 3.63) is 40.6 Å². The monoisotopic (exact) mass is 302 g/mol. The van der Waals surface area contributed by atoms with Crippen LogP contribution in [0.3, 0.4) is 0 Å². The first-order valence-corrected chi connectivity index (χ1v) is 8.81. The molecule has 0 atom stereocenters. The number of thioether (sulfide) groups is 1. The van der Waals surface area contributed by atoms with E-state index in [0.717, 1.165) is 10.7 Å². The fourth-order valence-corrected chi connectivity index (χ4v) is 3.62. The van der Waals surface area contributed by atoms with E-state index in [-0.39, 0.29) is 5.41 Å². The van der Waals surface area contributed by atoms with Crippen molar-refractivity contribution in [3.8, 4) is 11.1 Å². The summed E-state index contributed by atoms with van der Waals surface area (Å²) >= 11 is 3.40. The van der Waals surface area contributed by atoms with Gasteiger partial charge in [0.15, 0.2) is 5.09 Å². The van der Waals surface area contributed by atoms with Gasteiger partial charge in [0.1, 0.15) is 5.58 Å². The Kier molecular flexibility index (Phi) is 3.43. The average molecular weight is 302 g/mol. The largest absolute Gasteiger partial charge is 0.449 e. The standard InChI is InChI=1S/C17H18OS2/c1-17(2,3)12-5-6-14-13(9-12)15(16(18-14)19-4)11-7-8-20-10-11/h5-10H,1-4H3. The van der Waals surface area contributed by atoms with Crippen LogP contribution in [0.5, 0.6) is 0 Å². The summed E-state index contributed by atoms with van der Waals surface area (Å²) in [5, 5.41) is 6.53. The van der Waals surface area contributed by atoms with Crippen LogP contribution < -0.4 is 0 Å². The van der Waals surface area contributed by atoms with Gasteiger partial charge in [-0.05, 0) is 51.8 Å². The summed E-state index contributed by atoms with van der Waals surface area (Å²) < 4.78 is 6.01. The van der Waals surface area contributed by atoms with Crippen molar-refractivity contribution in [1.29, 1.82) is 0 Å². The molecule has 0 bridgehead atoms. The van der Waals surface area contributed by atoms with E-state index in [4.69, 9.17) is 4.42 Å². The summed E-state index contributed by atoms with van der Waals surface area (Å²) in [6.45, 7) is 6.73. The minimum absolute atomic E-state index is 0.150. The Balaban J connectivity index is 2.30. The zero-order chi connectivity index (χ0) is 14.3. The minimum Gasteiger partial charge on any atom is -0.449 e. The van der Waals surface area contributed by atoms with Gasteiger partial charge in [-0.25, -0.2) is 0 Å². The molecule has 1 aromatic carbocycles. The number of furan rings is 1. The molecule has 0 aliphatic heterocycles. The van der Waals surface area contributed by atoms with Crippen LogP contribution in [-0.4, -0.2) is 6.26 Å². The van der Waals surface area contributed by atoms with Gasteiger partial charge in [-0.1, -0.05) is 38.6 Å². The van der Waals surface area contributed by atoms with Crippen LogP contribution in [0.2, 0.25) is 0 Å². The lowest BCUT2D eigenvalue weighted by Crippen LogP contribution is -2.10. The Morgan fingerprint density at radius 2 is 1.95 bits per heavy atom. The number of hydrogen-bond donors (Lipinski definition) is 0. The first-order valence-electron chi connectivity index (χ1n) is 6.64. The molecule has 0 spiro atoms. The molecule has 0 unspecified atom stereocenters. The van der Waals surface area contributed by atoms with Crippen molar-refractivity contribution < 1.29 is 4.42 Å². The highest BCUT2D eigenvalue weighted by atomic mass is 32.2. The topological polar surface area (TPSA) is 13.1 Å². The highest BCUT2D eigenvalue weighted by Gasteiger charge is 2.19. The molecule has 3 aromatic rings. The fraction of sp³-hybridized carbons (Fsp3) is 0.294. The van der Waals surface area contributed by atoms with E-state index in [1.54, 1.807) is 23.1 Å². The van der Waals surface area contributed by atoms with Gasteiger partial charge in [0.25, 0.3) is 0 Å². The predicted molar refractivity (Wildman–Crippen MR) is 90.0 cm³/mol. The van der Waals surface area contributed by atoms with Gasteiger partial charge in [-0.2, -0.15) is 11.3 Å². The Bertz CT molecular complexity index is 730. The highest BCUT2D eigenvalue weighted by molar-refractivity contribution is 7.98. The normalized spacial score (nSPS) is 12.2. The van der Waals surface area contributed by atoms with Gasteiger partial charge in [-0.15, -0.1) is 0 Å². The zero-order valence-corrected chi connectivity index (χ0v) is 13.8. The number of benzene rings is 1. The van der Waals surface area contributed by atoms with Crippen LogP contribution in [0, 0.1) is 0 Å². The molecule has 3 rings (SSSR count). The second kappa shape index (κ2) is 4.97. The molecule has 0 amide bonds. The van der Waals surface area contributed by atoms with E-state index < -0.39 is 0 Å². The first-order chi connectivity index (χ1) is 9.50. The maximum absolute atomic E-state index is 6.01. The molecule has 20 heavy (non-hydrogen) atoms.